The molecule has 1 saturated heterocycles. The fraction of sp³-hybridized carbons (Fsp3) is 0.400. The highest BCUT2D eigenvalue weighted by molar-refractivity contribution is 7.22. The van der Waals surface area contributed by atoms with Crippen LogP contribution in [0.4, 0.5) is 23.1 Å². The normalized spacial score (nSPS) is 19.0. The third kappa shape index (κ3) is 4.01. The molecule has 0 atom stereocenters. The van der Waals surface area contributed by atoms with Crippen molar-refractivity contribution >= 4 is 44.4 Å². The van der Waals surface area contributed by atoms with Crippen LogP contribution in [-0.2, 0) is 9.53 Å². The number of ether oxygens (including phenoxy) is 1. The third-order valence-corrected chi connectivity index (χ3v) is 6.23. The number of aromatic nitrogens is 1. The van der Waals surface area contributed by atoms with Gasteiger partial charge in [0.15, 0.2) is 5.71 Å². The molecule has 0 unspecified atom stereocenters. The Balaban J connectivity index is 1.64. The summed E-state index contributed by atoms with van der Waals surface area (Å²) in [7, 11) is 0. The van der Waals surface area contributed by atoms with Gasteiger partial charge < -0.3 is 14.5 Å². The Morgan fingerprint density at radius 3 is 2.44 bits per heavy atom. The minimum Gasteiger partial charge on any atom is -0.450 e. The van der Waals surface area contributed by atoms with Crippen LogP contribution in [0.3, 0.4) is 0 Å². The Hall–Kier alpha value is -3.15. The lowest BCUT2D eigenvalue weighted by atomic mass is 10.1. The van der Waals surface area contributed by atoms with Crippen molar-refractivity contribution in [2.45, 2.75) is 20.0 Å². The van der Waals surface area contributed by atoms with Crippen molar-refractivity contribution in [1.82, 2.24) is 14.8 Å². The molecule has 2 amide bonds. The van der Waals surface area contributed by atoms with Crippen LogP contribution < -0.4 is 5.01 Å². The molecule has 3 heterocycles. The number of allylic oxidation sites excluding steroid dienone is 1. The summed E-state index contributed by atoms with van der Waals surface area (Å²) in [6.07, 6.45) is -5.28. The van der Waals surface area contributed by atoms with Gasteiger partial charge in [0.05, 0.1) is 22.4 Å². The molecule has 0 radical (unpaired) electrons. The first-order valence-corrected chi connectivity index (χ1v) is 10.8. The maximum Gasteiger partial charge on any atom is 0.436 e. The average Bonchev–Trinajstić information content (AvgIpc) is 3.34. The van der Waals surface area contributed by atoms with Gasteiger partial charge in [-0.25, -0.2) is 9.78 Å². The maximum atomic E-state index is 13.8. The van der Waals surface area contributed by atoms with Crippen molar-refractivity contribution < 1.29 is 27.5 Å². The van der Waals surface area contributed by atoms with Crippen LogP contribution in [0.2, 0.25) is 0 Å². The van der Waals surface area contributed by atoms with E-state index in [9.17, 15) is 22.8 Å². The van der Waals surface area contributed by atoms with Crippen LogP contribution in [0.1, 0.15) is 13.8 Å². The van der Waals surface area contributed by atoms with Crippen LogP contribution in [0.5, 0.6) is 0 Å². The Bertz CT molecular complexity index is 1090. The van der Waals surface area contributed by atoms with Crippen molar-refractivity contribution in [3.8, 4) is 0 Å². The first-order chi connectivity index (χ1) is 15.2. The van der Waals surface area contributed by atoms with Crippen molar-refractivity contribution in [3.63, 3.8) is 0 Å². The number of carbonyl (C=O) groups excluding carboxylic acids is 2. The number of fused-ring (bicyclic) bond motifs is 1. The first kappa shape index (κ1) is 22.1. The van der Waals surface area contributed by atoms with E-state index in [1.54, 1.807) is 36.1 Å². The predicted molar refractivity (Wildman–Crippen MR) is 113 cm³/mol. The summed E-state index contributed by atoms with van der Waals surface area (Å²) in [5.41, 5.74) is -1.00. The highest BCUT2D eigenvalue weighted by Gasteiger charge is 2.49. The smallest absolute Gasteiger partial charge is 0.436 e. The van der Waals surface area contributed by atoms with Gasteiger partial charge >= 0.3 is 12.3 Å². The predicted octanol–water partition coefficient (Wildman–Crippen LogP) is 3.61. The molecule has 2 aliphatic rings. The number of carbonyl (C=O) groups is 2. The Kier molecular flexibility index (Phi) is 5.80. The van der Waals surface area contributed by atoms with Crippen molar-refractivity contribution in [1.29, 1.82) is 0 Å². The van der Waals surface area contributed by atoms with Gasteiger partial charge in [-0.05, 0) is 26.0 Å². The molecule has 12 heteroatoms. The minimum absolute atomic E-state index is 0.0767. The van der Waals surface area contributed by atoms with Crippen LogP contribution in [-0.4, -0.2) is 71.5 Å². The zero-order valence-corrected chi connectivity index (χ0v) is 18.2. The first-order valence-electron chi connectivity index (χ1n) is 9.94. The third-order valence-electron chi connectivity index (χ3n) is 5.22. The SMILES string of the molecule is CCOC(=O)N1CCN(C(C)=C2C(=O)N(c3nc4ccccc4s3)N=C2C(F)(F)F)CC1. The van der Waals surface area contributed by atoms with Gasteiger partial charge in [0.1, 0.15) is 0 Å². The average molecular weight is 467 g/mol. The second kappa shape index (κ2) is 8.41. The van der Waals surface area contributed by atoms with E-state index in [2.05, 4.69) is 10.1 Å². The van der Waals surface area contributed by atoms with E-state index in [1.165, 1.54) is 11.8 Å². The van der Waals surface area contributed by atoms with E-state index in [4.69, 9.17) is 4.74 Å². The Morgan fingerprint density at radius 2 is 1.81 bits per heavy atom. The molecule has 32 heavy (non-hydrogen) atoms. The quantitative estimate of drug-likeness (QED) is 0.645. The number of hydrogen-bond acceptors (Lipinski definition) is 7. The summed E-state index contributed by atoms with van der Waals surface area (Å²) in [4.78, 5) is 32.4. The molecule has 8 nitrogen and oxygen atoms in total. The molecule has 1 aromatic heterocycles. The molecule has 2 aliphatic heterocycles. The van der Waals surface area contributed by atoms with Crippen LogP contribution in [0.15, 0.2) is 40.6 Å². The highest BCUT2D eigenvalue weighted by atomic mass is 32.1. The second-order valence-corrected chi connectivity index (χ2v) is 8.17. The van der Waals surface area contributed by atoms with Crippen LogP contribution >= 0.6 is 11.3 Å². The van der Waals surface area contributed by atoms with Crippen LogP contribution in [0.25, 0.3) is 10.2 Å². The number of amides is 2. The number of para-hydroxylation sites is 1. The number of benzene rings is 1. The number of hydrogen-bond donors (Lipinski definition) is 0. The van der Waals surface area contributed by atoms with Gasteiger partial charge in [0, 0.05) is 31.9 Å². The molecule has 170 valence electrons. The molecule has 4 rings (SSSR count). The van der Waals surface area contributed by atoms with Gasteiger partial charge in [-0.2, -0.15) is 23.3 Å². The topological polar surface area (TPSA) is 78.3 Å². The number of alkyl halides is 3. The number of halogens is 3. The molecule has 1 fully saturated rings. The largest absolute Gasteiger partial charge is 0.450 e. The number of piperazine rings is 1. The lowest BCUT2D eigenvalue weighted by Gasteiger charge is -2.36. The summed E-state index contributed by atoms with van der Waals surface area (Å²) in [6, 6.07) is 7.03. The maximum absolute atomic E-state index is 13.8. The minimum atomic E-state index is -4.82. The molecular formula is C20H20F3N5O3S. The Morgan fingerprint density at radius 1 is 1.16 bits per heavy atom. The molecule has 0 aliphatic carbocycles. The number of hydrazone groups is 1. The summed E-state index contributed by atoms with van der Waals surface area (Å²) in [5.74, 6) is -0.873. The van der Waals surface area contributed by atoms with Gasteiger partial charge in [-0.3, -0.25) is 4.79 Å². The molecule has 2 aromatic rings. The molecule has 0 N–H and O–H groups in total. The zero-order chi connectivity index (χ0) is 23.0. The lowest BCUT2D eigenvalue weighted by Crippen LogP contribution is -2.48. The number of thiazole rings is 1. The fourth-order valence-electron chi connectivity index (χ4n) is 3.60. The summed E-state index contributed by atoms with van der Waals surface area (Å²) < 4.78 is 47.1. The standard InChI is InChI=1S/C20H20F3N5O3S/c1-3-31-19(30)27-10-8-26(9-11-27)12(2)15-16(20(21,22)23)25-28(17(15)29)18-24-13-6-4-5-7-14(13)32-18/h4-7H,3,8-11H2,1-2H3. The number of rotatable bonds is 3. The van der Waals surface area contributed by atoms with Crippen molar-refractivity contribution in [2.24, 2.45) is 5.10 Å². The van der Waals surface area contributed by atoms with E-state index in [0.717, 1.165) is 21.0 Å². The highest BCUT2D eigenvalue weighted by Crippen LogP contribution is 2.37. The van der Waals surface area contributed by atoms with Gasteiger partial charge in [-0.1, -0.05) is 23.5 Å². The van der Waals surface area contributed by atoms with Gasteiger partial charge in [0.25, 0.3) is 5.91 Å². The second-order valence-electron chi connectivity index (χ2n) is 7.16. The van der Waals surface area contributed by atoms with Gasteiger partial charge in [0.2, 0.25) is 5.13 Å². The van der Waals surface area contributed by atoms with E-state index >= 15 is 0 Å². The molecule has 0 saturated carbocycles. The number of anilines is 1. The Labute approximate surface area is 185 Å². The van der Waals surface area contributed by atoms with E-state index in [1.807, 2.05) is 0 Å². The molecule has 1 aromatic carbocycles. The zero-order valence-electron chi connectivity index (χ0n) is 17.3. The van der Waals surface area contributed by atoms with Crippen molar-refractivity contribution in [3.05, 3.63) is 35.5 Å². The number of nitrogens with zero attached hydrogens (tertiary/aromatic N) is 5. The summed E-state index contributed by atoms with van der Waals surface area (Å²) in [6.45, 7) is 4.50. The monoisotopic (exact) mass is 467 g/mol. The van der Waals surface area contributed by atoms with Gasteiger partial charge in [-0.15, -0.1) is 0 Å². The lowest BCUT2D eigenvalue weighted by molar-refractivity contribution is -0.114. The summed E-state index contributed by atoms with van der Waals surface area (Å²) in [5, 5.41) is 4.43. The van der Waals surface area contributed by atoms with E-state index < -0.39 is 29.5 Å². The molecule has 0 bridgehead atoms. The summed E-state index contributed by atoms with van der Waals surface area (Å²) >= 11 is 1.09. The van der Waals surface area contributed by atoms with E-state index in [-0.39, 0.29) is 43.6 Å². The van der Waals surface area contributed by atoms with Crippen molar-refractivity contribution in [2.75, 3.05) is 37.8 Å². The molecular weight excluding hydrogens is 447 g/mol. The van der Waals surface area contributed by atoms with E-state index in [0.29, 0.717) is 5.52 Å². The van der Waals surface area contributed by atoms with Crippen LogP contribution in [0, 0.1) is 0 Å². The fourth-order valence-corrected chi connectivity index (χ4v) is 4.52. The molecule has 0 spiro atoms.